The lowest BCUT2D eigenvalue weighted by Crippen LogP contribution is -2.43. The highest BCUT2D eigenvalue weighted by molar-refractivity contribution is 5.76. The van der Waals surface area contributed by atoms with Crippen LogP contribution in [0.2, 0.25) is 0 Å². The molecule has 0 aromatic rings. The highest BCUT2D eigenvalue weighted by atomic mass is 16.4. The van der Waals surface area contributed by atoms with E-state index in [1.807, 2.05) is 0 Å². The maximum Gasteiger partial charge on any atom is 0.317 e. The average molecular weight is 344 g/mol. The van der Waals surface area contributed by atoms with Gasteiger partial charge in [-0.15, -0.1) is 0 Å². The fraction of sp³-hybridized carbons (Fsp3) is 0.889. The molecule has 0 aliphatic rings. The lowest BCUT2D eigenvalue weighted by molar-refractivity contribution is -0.140. The number of aliphatic hydroxyl groups is 1. The van der Waals surface area contributed by atoms with E-state index in [1.165, 1.54) is 43.4 Å². The molecule has 0 bridgehead atoms. The van der Waals surface area contributed by atoms with Crippen LogP contribution in [0.1, 0.15) is 78.1 Å². The number of carbonyl (C=O) groups excluding carboxylic acids is 1. The summed E-state index contributed by atoms with van der Waals surface area (Å²) in [6.45, 7) is 4.32. The van der Waals surface area contributed by atoms with Crippen molar-refractivity contribution in [3.05, 3.63) is 0 Å². The van der Waals surface area contributed by atoms with Gasteiger partial charge in [-0.25, -0.2) is 0 Å². The number of carboxylic acid groups (broad SMARTS) is 1. The molecule has 0 radical (unpaired) electrons. The van der Waals surface area contributed by atoms with E-state index >= 15 is 0 Å². The van der Waals surface area contributed by atoms with E-state index in [9.17, 15) is 14.7 Å². The molecule has 142 valence electrons. The third kappa shape index (κ3) is 13.3. The summed E-state index contributed by atoms with van der Waals surface area (Å²) in [6.07, 6.45) is 10.4. The van der Waals surface area contributed by atoms with Gasteiger partial charge in [-0.3, -0.25) is 9.59 Å². The number of carboxylic acids is 1. The molecule has 24 heavy (non-hydrogen) atoms. The Kier molecular flexibility index (Phi) is 14.7. The van der Waals surface area contributed by atoms with Gasteiger partial charge in [0, 0.05) is 19.5 Å². The van der Waals surface area contributed by atoms with Gasteiger partial charge in [0.1, 0.15) is 6.23 Å². The highest BCUT2D eigenvalue weighted by Crippen LogP contribution is 2.11. The second-order valence-corrected chi connectivity index (χ2v) is 6.37. The van der Waals surface area contributed by atoms with E-state index < -0.39 is 12.2 Å². The SMILES string of the molecule is CCCCCCCCCCCC(=O)N(CCNCC(=O)O)C(C)O. The fourth-order valence-corrected chi connectivity index (χ4v) is 2.65. The van der Waals surface area contributed by atoms with Gasteiger partial charge in [-0.2, -0.15) is 0 Å². The molecular formula is C18H36N2O4. The van der Waals surface area contributed by atoms with Crippen LogP contribution in [0, 0.1) is 0 Å². The Labute approximate surface area is 146 Å². The summed E-state index contributed by atoms with van der Waals surface area (Å²) in [5, 5.41) is 21.0. The molecule has 0 saturated carbocycles. The van der Waals surface area contributed by atoms with Gasteiger partial charge in [0.05, 0.1) is 6.54 Å². The lowest BCUT2D eigenvalue weighted by Gasteiger charge is -2.25. The fourth-order valence-electron chi connectivity index (χ4n) is 2.65. The number of aliphatic hydroxyl groups excluding tert-OH is 1. The zero-order valence-corrected chi connectivity index (χ0v) is 15.4. The monoisotopic (exact) mass is 344 g/mol. The summed E-state index contributed by atoms with van der Waals surface area (Å²) in [5.74, 6) is -0.996. The lowest BCUT2D eigenvalue weighted by atomic mass is 10.1. The molecule has 1 atom stereocenters. The minimum absolute atomic E-state index is 0.0647. The second kappa shape index (κ2) is 15.4. The van der Waals surface area contributed by atoms with Crippen LogP contribution in [0.15, 0.2) is 0 Å². The topological polar surface area (TPSA) is 89.9 Å². The number of unbranched alkanes of at least 4 members (excludes halogenated alkanes) is 8. The number of amides is 1. The molecule has 3 N–H and O–H groups in total. The van der Waals surface area contributed by atoms with Crippen LogP contribution in [-0.4, -0.2) is 52.9 Å². The molecular weight excluding hydrogens is 308 g/mol. The third-order valence-corrected chi connectivity index (χ3v) is 4.07. The zero-order valence-electron chi connectivity index (χ0n) is 15.4. The normalized spacial score (nSPS) is 12.1. The standard InChI is InChI=1S/C18H36N2O4/c1-3-4-5-6-7-8-9-10-11-12-17(22)20(16(2)21)14-13-19-15-18(23)24/h16,19,21H,3-15H2,1-2H3,(H,23,24). The van der Waals surface area contributed by atoms with Crippen molar-refractivity contribution in [2.75, 3.05) is 19.6 Å². The van der Waals surface area contributed by atoms with E-state index in [-0.39, 0.29) is 12.5 Å². The molecule has 0 fully saturated rings. The van der Waals surface area contributed by atoms with E-state index in [1.54, 1.807) is 6.92 Å². The number of hydrogen-bond donors (Lipinski definition) is 3. The smallest absolute Gasteiger partial charge is 0.317 e. The van der Waals surface area contributed by atoms with Gasteiger partial charge in [0.15, 0.2) is 0 Å². The van der Waals surface area contributed by atoms with Crippen molar-refractivity contribution < 1.29 is 19.8 Å². The minimum Gasteiger partial charge on any atom is -0.480 e. The molecule has 0 aliphatic carbocycles. The van der Waals surface area contributed by atoms with Crippen molar-refractivity contribution in [1.29, 1.82) is 0 Å². The van der Waals surface area contributed by atoms with Crippen LogP contribution in [0.5, 0.6) is 0 Å². The maximum absolute atomic E-state index is 12.1. The Morgan fingerprint density at radius 2 is 1.54 bits per heavy atom. The van der Waals surface area contributed by atoms with E-state index in [0.717, 1.165) is 19.3 Å². The van der Waals surface area contributed by atoms with Crippen LogP contribution < -0.4 is 5.32 Å². The first-order valence-electron chi connectivity index (χ1n) is 9.39. The summed E-state index contributed by atoms with van der Waals surface area (Å²) in [6, 6.07) is 0. The Bertz CT molecular complexity index is 335. The first-order chi connectivity index (χ1) is 11.5. The van der Waals surface area contributed by atoms with Gasteiger partial charge in [-0.1, -0.05) is 58.3 Å². The summed E-state index contributed by atoms with van der Waals surface area (Å²) in [7, 11) is 0. The van der Waals surface area contributed by atoms with Crippen molar-refractivity contribution in [3.63, 3.8) is 0 Å². The molecule has 0 spiro atoms. The molecule has 6 heteroatoms. The van der Waals surface area contributed by atoms with Crippen LogP contribution in [-0.2, 0) is 9.59 Å². The first-order valence-corrected chi connectivity index (χ1v) is 9.39. The summed E-state index contributed by atoms with van der Waals surface area (Å²) >= 11 is 0. The van der Waals surface area contributed by atoms with E-state index in [0.29, 0.717) is 19.5 Å². The average Bonchev–Trinajstić information content (AvgIpc) is 2.52. The van der Waals surface area contributed by atoms with E-state index in [4.69, 9.17) is 5.11 Å². The number of carbonyl (C=O) groups is 2. The minimum atomic E-state index is -0.931. The number of aliphatic carboxylic acids is 1. The van der Waals surface area contributed by atoms with Crippen molar-refractivity contribution in [1.82, 2.24) is 10.2 Å². The molecule has 0 aromatic carbocycles. The van der Waals surface area contributed by atoms with Crippen molar-refractivity contribution >= 4 is 11.9 Å². The predicted octanol–water partition coefficient (Wildman–Crippen LogP) is 2.75. The quantitative estimate of drug-likeness (QED) is 0.296. The third-order valence-electron chi connectivity index (χ3n) is 4.07. The van der Waals surface area contributed by atoms with Gasteiger partial charge in [0.2, 0.25) is 5.91 Å². The number of nitrogens with one attached hydrogen (secondary N) is 1. The van der Waals surface area contributed by atoms with Gasteiger partial charge >= 0.3 is 5.97 Å². The van der Waals surface area contributed by atoms with E-state index in [2.05, 4.69) is 12.2 Å². The van der Waals surface area contributed by atoms with Crippen molar-refractivity contribution in [2.24, 2.45) is 0 Å². The highest BCUT2D eigenvalue weighted by Gasteiger charge is 2.17. The molecule has 0 heterocycles. The van der Waals surface area contributed by atoms with Crippen molar-refractivity contribution in [2.45, 2.75) is 84.3 Å². The molecule has 0 aromatic heterocycles. The molecule has 1 unspecified atom stereocenters. The number of rotatable bonds is 16. The second-order valence-electron chi connectivity index (χ2n) is 6.37. The molecule has 6 nitrogen and oxygen atoms in total. The Morgan fingerprint density at radius 3 is 2.04 bits per heavy atom. The number of nitrogens with zero attached hydrogens (tertiary/aromatic N) is 1. The van der Waals surface area contributed by atoms with Crippen molar-refractivity contribution in [3.8, 4) is 0 Å². The van der Waals surface area contributed by atoms with Crippen LogP contribution >= 0.6 is 0 Å². The molecule has 0 saturated heterocycles. The summed E-state index contributed by atoms with van der Waals surface area (Å²) in [5.41, 5.74) is 0. The van der Waals surface area contributed by atoms with Crippen LogP contribution in [0.4, 0.5) is 0 Å². The maximum atomic E-state index is 12.1. The largest absolute Gasteiger partial charge is 0.480 e. The predicted molar refractivity (Wildman–Crippen MR) is 95.7 cm³/mol. The van der Waals surface area contributed by atoms with Gasteiger partial charge < -0.3 is 20.4 Å². The zero-order chi connectivity index (χ0) is 18.2. The molecule has 1 amide bonds. The van der Waals surface area contributed by atoms with Crippen LogP contribution in [0.25, 0.3) is 0 Å². The van der Waals surface area contributed by atoms with Gasteiger partial charge in [0.25, 0.3) is 0 Å². The Balaban J connectivity index is 3.73. The van der Waals surface area contributed by atoms with Gasteiger partial charge in [-0.05, 0) is 13.3 Å². The Hall–Kier alpha value is -1.14. The van der Waals surface area contributed by atoms with Crippen LogP contribution in [0.3, 0.4) is 0 Å². The number of hydrogen-bond acceptors (Lipinski definition) is 4. The first kappa shape index (κ1) is 22.9. The Morgan fingerprint density at radius 1 is 1.00 bits per heavy atom. The summed E-state index contributed by atoms with van der Waals surface area (Å²) < 4.78 is 0. The molecule has 0 aliphatic heterocycles. The molecule has 0 rings (SSSR count). The summed E-state index contributed by atoms with van der Waals surface area (Å²) in [4.78, 5) is 24.0.